The molecule has 0 radical (unpaired) electrons. The van der Waals surface area contributed by atoms with Crippen molar-refractivity contribution >= 4 is 6.03 Å². The van der Waals surface area contributed by atoms with Crippen LogP contribution in [0.4, 0.5) is 4.79 Å². The quantitative estimate of drug-likeness (QED) is 0.790. The zero-order chi connectivity index (χ0) is 14.8. The predicted octanol–water partition coefficient (Wildman–Crippen LogP) is 1.80. The Labute approximate surface area is 120 Å². The summed E-state index contributed by atoms with van der Waals surface area (Å²) in [5, 5.41) is 2.93. The highest BCUT2D eigenvalue weighted by Gasteiger charge is 2.12. The van der Waals surface area contributed by atoms with Crippen molar-refractivity contribution in [1.82, 2.24) is 10.2 Å². The number of methoxy groups -OCH3 is 2. The fourth-order valence-corrected chi connectivity index (χ4v) is 1.81. The number of rotatable bonds is 8. The maximum absolute atomic E-state index is 12.1. The lowest BCUT2D eigenvalue weighted by Gasteiger charge is -2.22. The first kappa shape index (κ1) is 16.5. The monoisotopic (exact) mass is 280 g/mol. The molecule has 0 saturated heterocycles. The lowest BCUT2D eigenvalue weighted by atomic mass is 10.1. The molecule has 0 unspecified atom stereocenters. The van der Waals surface area contributed by atoms with E-state index in [1.54, 1.807) is 19.1 Å². The number of amides is 2. The molecule has 112 valence electrons. The van der Waals surface area contributed by atoms with Crippen molar-refractivity contribution in [1.29, 1.82) is 0 Å². The number of hydrogen-bond donors (Lipinski definition) is 1. The summed E-state index contributed by atoms with van der Waals surface area (Å²) in [6.45, 7) is 4.71. The molecule has 0 spiro atoms. The van der Waals surface area contributed by atoms with Crippen LogP contribution in [0.15, 0.2) is 24.3 Å². The van der Waals surface area contributed by atoms with Gasteiger partial charge in [-0.15, -0.1) is 0 Å². The molecule has 0 aliphatic rings. The molecule has 0 aliphatic carbocycles. The van der Waals surface area contributed by atoms with Gasteiger partial charge in [-0.2, -0.15) is 0 Å². The molecular weight excluding hydrogens is 256 g/mol. The third-order valence-electron chi connectivity index (χ3n) is 3.11. The predicted molar refractivity (Wildman–Crippen MR) is 78.7 cm³/mol. The number of nitrogens with zero attached hydrogens (tertiary/aromatic N) is 1. The third-order valence-corrected chi connectivity index (χ3v) is 3.11. The molecular formula is C15H24N2O3. The van der Waals surface area contributed by atoms with Crippen LogP contribution in [0.5, 0.6) is 0 Å². The summed E-state index contributed by atoms with van der Waals surface area (Å²) in [4.78, 5) is 13.8. The lowest BCUT2D eigenvalue weighted by molar-refractivity contribution is 0.122. The van der Waals surface area contributed by atoms with E-state index in [0.717, 1.165) is 5.56 Å². The van der Waals surface area contributed by atoms with E-state index >= 15 is 0 Å². The van der Waals surface area contributed by atoms with Crippen molar-refractivity contribution in [2.45, 2.75) is 13.5 Å². The SMILES string of the molecule is COCCN(CCOC)C(=O)NCc1ccccc1C. The van der Waals surface area contributed by atoms with E-state index in [9.17, 15) is 4.79 Å². The molecule has 0 fully saturated rings. The van der Waals surface area contributed by atoms with E-state index in [4.69, 9.17) is 9.47 Å². The summed E-state index contributed by atoms with van der Waals surface area (Å²) in [5.41, 5.74) is 2.30. The Morgan fingerprint density at radius 1 is 1.15 bits per heavy atom. The molecule has 1 aromatic carbocycles. The first-order valence-corrected chi connectivity index (χ1v) is 6.74. The maximum Gasteiger partial charge on any atom is 0.317 e. The Hall–Kier alpha value is -1.59. The number of benzene rings is 1. The van der Waals surface area contributed by atoms with Crippen LogP contribution < -0.4 is 5.32 Å². The topological polar surface area (TPSA) is 50.8 Å². The number of nitrogens with one attached hydrogen (secondary N) is 1. The van der Waals surface area contributed by atoms with Crippen LogP contribution in [-0.2, 0) is 16.0 Å². The molecule has 1 rings (SSSR count). The highest BCUT2D eigenvalue weighted by molar-refractivity contribution is 5.74. The first-order chi connectivity index (χ1) is 9.69. The minimum Gasteiger partial charge on any atom is -0.383 e. The van der Waals surface area contributed by atoms with Gasteiger partial charge < -0.3 is 19.7 Å². The van der Waals surface area contributed by atoms with Crippen LogP contribution in [0.25, 0.3) is 0 Å². The maximum atomic E-state index is 12.1. The van der Waals surface area contributed by atoms with Crippen LogP contribution >= 0.6 is 0 Å². The molecule has 2 amide bonds. The second-order valence-electron chi connectivity index (χ2n) is 4.56. The summed E-state index contributed by atoms with van der Waals surface area (Å²) in [6.07, 6.45) is 0. The van der Waals surface area contributed by atoms with E-state index in [1.165, 1.54) is 5.56 Å². The highest BCUT2D eigenvalue weighted by atomic mass is 16.5. The largest absolute Gasteiger partial charge is 0.383 e. The van der Waals surface area contributed by atoms with Crippen molar-refractivity contribution in [3.05, 3.63) is 35.4 Å². The van der Waals surface area contributed by atoms with Crippen LogP contribution in [0, 0.1) is 6.92 Å². The van der Waals surface area contributed by atoms with Crippen molar-refractivity contribution in [2.24, 2.45) is 0 Å². The van der Waals surface area contributed by atoms with Gasteiger partial charge in [-0.3, -0.25) is 0 Å². The van der Waals surface area contributed by atoms with Crippen molar-refractivity contribution in [3.63, 3.8) is 0 Å². The molecule has 0 atom stereocenters. The molecule has 0 aromatic heterocycles. The van der Waals surface area contributed by atoms with E-state index < -0.39 is 0 Å². The summed E-state index contributed by atoms with van der Waals surface area (Å²) in [7, 11) is 3.25. The fraction of sp³-hybridized carbons (Fsp3) is 0.533. The van der Waals surface area contributed by atoms with Gasteiger partial charge in [-0.25, -0.2) is 4.79 Å². The lowest BCUT2D eigenvalue weighted by Crippen LogP contribution is -2.43. The van der Waals surface area contributed by atoms with Crippen LogP contribution in [-0.4, -0.2) is 51.5 Å². The molecule has 1 N–H and O–H groups in total. The van der Waals surface area contributed by atoms with E-state index in [2.05, 4.69) is 5.32 Å². The summed E-state index contributed by atoms with van der Waals surface area (Å²) in [5.74, 6) is 0. The molecule has 0 bridgehead atoms. The number of ether oxygens (including phenoxy) is 2. The smallest absolute Gasteiger partial charge is 0.317 e. The fourth-order valence-electron chi connectivity index (χ4n) is 1.81. The van der Waals surface area contributed by atoms with Crippen LogP contribution in [0.3, 0.4) is 0 Å². The van der Waals surface area contributed by atoms with E-state index in [-0.39, 0.29) is 6.03 Å². The summed E-state index contributed by atoms with van der Waals surface area (Å²) >= 11 is 0. The van der Waals surface area contributed by atoms with Crippen LogP contribution in [0.2, 0.25) is 0 Å². The normalized spacial score (nSPS) is 10.3. The molecule has 5 nitrogen and oxygen atoms in total. The summed E-state index contributed by atoms with van der Waals surface area (Å²) in [6, 6.07) is 7.92. The van der Waals surface area contributed by atoms with Crippen molar-refractivity contribution in [2.75, 3.05) is 40.5 Å². The average Bonchev–Trinajstić information content (AvgIpc) is 2.46. The summed E-state index contributed by atoms with van der Waals surface area (Å²) < 4.78 is 10.0. The van der Waals surface area contributed by atoms with Crippen LogP contribution in [0.1, 0.15) is 11.1 Å². The zero-order valence-corrected chi connectivity index (χ0v) is 12.5. The Balaban J connectivity index is 2.50. The number of hydrogen-bond acceptors (Lipinski definition) is 3. The van der Waals surface area contributed by atoms with Crippen molar-refractivity contribution < 1.29 is 14.3 Å². The van der Waals surface area contributed by atoms with Gasteiger partial charge in [0.15, 0.2) is 0 Å². The van der Waals surface area contributed by atoms with Gasteiger partial charge in [0.25, 0.3) is 0 Å². The zero-order valence-electron chi connectivity index (χ0n) is 12.5. The second-order valence-corrected chi connectivity index (χ2v) is 4.56. The number of aryl methyl sites for hydroxylation is 1. The van der Waals surface area contributed by atoms with Gasteiger partial charge in [0, 0.05) is 33.9 Å². The molecule has 20 heavy (non-hydrogen) atoms. The standard InChI is InChI=1S/C15H24N2O3/c1-13-6-4-5-7-14(13)12-16-15(18)17(8-10-19-2)9-11-20-3/h4-7H,8-12H2,1-3H3,(H,16,18). The number of urea groups is 1. The molecule has 0 saturated carbocycles. The minimum absolute atomic E-state index is 0.0950. The molecule has 5 heteroatoms. The Morgan fingerprint density at radius 2 is 1.75 bits per heavy atom. The van der Waals surface area contributed by atoms with E-state index in [0.29, 0.717) is 32.8 Å². The van der Waals surface area contributed by atoms with Gasteiger partial charge >= 0.3 is 6.03 Å². The Kier molecular flexibility index (Phi) is 7.69. The highest BCUT2D eigenvalue weighted by Crippen LogP contribution is 2.06. The third kappa shape index (κ3) is 5.59. The molecule has 0 heterocycles. The first-order valence-electron chi connectivity index (χ1n) is 6.74. The van der Waals surface area contributed by atoms with E-state index in [1.807, 2.05) is 31.2 Å². The Bertz CT molecular complexity index is 402. The van der Waals surface area contributed by atoms with Gasteiger partial charge in [-0.05, 0) is 18.1 Å². The van der Waals surface area contributed by atoms with Crippen molar-refractivity contribution in [3.8, 4) is 0 Å². The Morgan fingerprint density at radius 3 is 2.30 bits per heavy atom. The molecule has 1 aromatic rings. The number of carbonyl (C=O) groups excluding carboxylic acids is 1. The minimum atomic E-state index is -0.0950. The molecule has 0 aliphatic heterocycles. The second kappa shape index (κ2) is 9.34. The number of carbonyl (C=O) groups is 1. The van der Waals surface area contributed by atoms with Gasteiger partial charge in [0.1, 0.15) is 0 Å². The van der Waals surface area contributed by atoms with Gasteiger partial charge in [-0.1, -0.05) is 24.3 Å². The average molecular weight is 280 g/mol. The van der Waals surface area contributed by atoms with Gasteiger partial charge in [0.2, 0.25) is 0 Å². The van der Waals surface area contributed by atoms with Gasteiger partial charge in [0.05, 0.1) is 13.2 Å².